The third-order valence-corrected chi connectivity index (χ3v) is 4.94. The second-order valence-electron chi connectivity index (χ2n) is 4.17. The van der Waals surface area contributed by atoms with Crippen molar-refractivity contribution in [2.45, 2.75) is 12.5 Å². The smallest absolute Gasteiger partial charge is 0.0969 e. The van der Waals surface area contributed by atoms with Crippen LogP contribution >= 0.6 is 27.3 Å². The molecule has 0 aromatic carbocycles. The van der Waals surface area contributed by atoms with Gasteiger partial charge < -0.3 is 14.8 Å². The molecule has 2 unspecified atom stereocenters. The average molecular weight is 320 g/mol. The Morgan fingerprint density at radius 3 is 3.24 bits per heavy atom. The molecule has 1 aromatic heterocycles. The molecule has 0 radical (unpaired) electrons. The summed E-state index contributed by atoms with van der Waals surface area (Å²) < 4.78 is 12.1. The van der Waals surface area contributed by atoms with E-state index in [1.165, 1.54) is 9.35 Å². The van der Waals surface area contributed by atoms with Gasteiger partial charge >= 0.3 is 0 Å². The maximum Gasteiger partial charge on any atom is 0.0969 e. The molecule has 2 heterocycles. The van der Waals surface area contributed by atoms with Crippen molar-refractivity contribution < 1.29 is 9.47 Å². The molecule has 17 heavy (non-hydrogen) atoms. The van der Waals surface area contributed by atoms with Gasteiger partial charge in [0, 0.05) is 42.1 Å². The summed E-state index contributed by atoms with van der Waals surface area (Å²) >= 11 is 5.36. The maximum atomic E-state index is 5.86. The van der Waals surface area contributed by atoms with Crippen LogP contribution in [0, 0.1) is 5.92 Å². The first-order valence-corrected chi connectivity index (χ1v) is 7.54. The van der Waals surface area contributed by atoms with Crippen molar-refractivity contribution in [2.75, 3.05) is 33.4 Å². The summed E-state index contributed by atoms with van der Waals surface area (Å²) in [4.78, 5) is 1.32. The van der Waals surface area contributed by atoms with Crippen LogP contribution in [0.25, 0.3) is 0 Å². The Morgan fingerprint density at radius 2 is 2.53 bits per heavy atom. The fourth-order valence-corrected chi connectivity index (χ4v) is 3.84. The molecule has 0 saturated carbocycles. The Morgan fingerprint density at radius 1 is 1.65 bits per heavy atom. The van der Waals surface area contributed by atoms with Crippen LogP contribution in [0.5, 0.6) is 0 Å². The van der Waals surface area contributed by atoms with Crippen LogP contribution in [-0.4, -0.2) is 33.4 Å². The molecule has 96 valence electrons. The molecule has 5 heteroatoms. The van der Waals surface area contributed by atoms with E-state index in [4.69, 9.17) is 9.47 Å². The van der Waals surface area contributed by atoms with E-state index in [0.29, 0.717) is 5.92 Å². The van der Waals surface area contributed by atoms with E-state index in [1.54, 1.807) is 18.4 Å². The topological polar surface area (TPSA) is 30.5 Å². The van der Waals surface area contributed by atoms with Crippen molar-refractivity contribution in [3.05, 3.63) is 20.8 Å². The lowest BCUT2D eigenvalue weighted by molar-refractivity contribution is 0.0922. The zero-order valence-corrected chi connectivity index (χ0v) is 12.4. The molecule has 0 spiro atoms. The summed E-state index contributed by atoms with van der Waals surface area (Å²) in [6.45, 7) is 3.54. The van der Waals surface area contributed by atoms with Crippen LogP contribution in [0.2, 0.25) is 0 Å². The van der Waals surface area contributed by atoms with Crippen LogP contribution in [-0.2, 0) is 9.47 Å². The summed E-state index contributed by atoms with van der Waals surface area (Å²) in [6, 6.07) is 2.09. The van der Waals surface area contributed by atoms with Gasteiger partial charge in [-0.3, -0.25) is 0 Å². The fraction of sp³-hybridized carbons (Fsp3) is 0.667. The van der Waals surface area contributed by atoms with E-state index < -0.39 is 0 Å². The van der Waals surface area contributed by atoms with Gasteiger partial charge in [-0.05, 0) is 33.8 Å². The van der Waals surface area contributed by atoms with Gasteiger partial charge in [-0.15, -0.1) is 11.3 Å². The van der Waals surface area contributed by atoms with Gasteiger partial charge in [0.2, 0.25) is 0 Å². The number of hydrogen-bond donors (Lipinski definition) is 1. The van der Waals surface area contributed by atoms with E-state index >= 15 is 0 Å². The zero-order chi connectivity index (χ0) is 12.1. The van der Waals surface area contributed by atoms with E-state index in [-0.39, 0.29) is 6.10 Å². The van der Waals surface area contributed by atoms with Crippen LogP contribution in [0.1, 0.15) is 17.4 Å². The first-order valence-electron chi connectivity index (χ1n) is 5.87. The molecular weight excluding hydrogens is 302 g/mol. The molecule has 3 nitrogen and oxygen atoms in total. The molecule has 0 bridgehead atoms. The van der Waals surface area contributed by atoms with Crippen molar-refractivity contribution in [1.82, 2.24) is 5.32 Å². The van der Waals surface area contributed by atoms with Crippen molar-refractivity contribution in [2.24, 2.45) is 5.92 Å². The Kier molecular flexibility index (Phi) is 5.44. The van der Waals surface area contributed by atoms with Crippen LogP contribution < -0.4 is 5.32 Å². The highest BCUT2D eigenvalue weighted by Gasteiger charge is 2.31. The minimum atomic E-state index is 0.249. The predicted octanol–water partition coefficient (Wildman–Crippen LogP) is 2.82. The number of halogens is 1. The van der Waals surface area contributed by atoms with Crippen LogP contribution in [0.15, 0.2) is 15.9 Å². The summed E-state index contributed by atoms with van der Waals surface area (Å²) in [6.07, 6.45) is 1.38. The minimum Gasteiger partial charge on any atom is -0.383 e. The SMILES string of the molecule is COCCNCC1CCOC1c1sccc1Br. The van der Waals surface area contributed by atoms with Crippen LogP contribution in [0.4, 0.5) is 0 Å². The lowest BCUT2D eigenvalue weighted by Crippen LogP contribution is -2.27. The van der Waals surface area contributed by atoms with E-state index in [0.717, 1.165) is 32.7 Å². The average Bonchev–Trinajstić information content (AvgIpc) is 2.93. The number of thiophene rings is 1. The summed E-state index contributed by atoms with van der Waals surface area (Å²) in [5.74, 6) is 0.571. The van der Waals surface area contributed by atoms with Gasteiger partial charge in [-0.25, -0.2) is 0 Å². The lowest BCUT2D eigenvalue weighted by Gasteiger charge is -2.18. The van der Waals surface area contributed by atoms with Crippen LogP contribution in [0.3, 0.4) is 0 Å². The van der Waals surface area contributed by atoms with Gasteiger partial charge in [0.25, 0.3) is 0 Å². The van der Waals surface area contributed by atoms with Gasteiger partial charge in [0.15, 0.2) is 0 Å². The fourth-order valence-electron chi connectivity index (χ4n) is 2.10. The molecule has 1 aromatic rings. The van der Waals surface area contributed by atoms with Crippen molar-refractivity contribution >= 4 is 27.3 Å². The summed E-state index contributed by atoms with van der Waals surface area (Å²) in [7, 11) is 1.73. The molecule has 1 fully saturated rings. The van der Waals surface area contributed by atoms with E-state index in [9.17, 15) is 0 Å². The van der Waals surface area contributed by atoms with E-state index in [1.807, 2.05) is 0 Å². The highest BCUT2D eigenvalue weighted by Crippen LogP contribution is 2.40. The third kappa shape index (κ3) is 3.51. The van der Waals surface area contributed by atoms with Gasteiger partial charge in [-0.2, -0.15) is 0 Å². The first-order chi connectivity index (χ1) is 8.33. The summed E-state index contributed by atoms with van der Waals surface area (Å²) in [5.41, 5.74) is 0. The minimum absolute atomic E-state index is 0.249. The Hall–Kier alpha value is 0.0600. The predicted molar refractivity (Wildman–Crippen MR) is 73.6 cm³/mol. The number of nitrogens with one attached hydrogen (secondary N) is 1. The normalized spacial score (nSPS) is 24.4. The quantitative estimate of drug-likeness (QED) is 0.818. The molecule has 1 aliphatic rings. The number of ether oxygens (including phenoxy) is 2. The molecule has 2 rings (SSSR count). The molecule has 1 N–H and O–H groups in total. The Balaban J connectivity index is 1.87. The molecule has 2 atom stereocenters. The third-order valence-electron chi connectivity index (χ3n) is 3.01. The Bertz CT molecular complexity index is 345. The highest BCUT2D eigenvalue weighted by atomic mass is 79.9. The number of rotatable bonds is 6. The molecule has 1 aliphatic heterocycles. The second kappa shape index (κ2) is 6.85. The standard InChI is InChI=1S/C12H18BrNO2S/c1-15-6-4-14-8-9-2-5-16-11(9)12-10(13)3-7-17-12/h3,7,9,11,14H,2,4-6,8H2,1H3. The number of methoxy groups -OCH3 is 1. The maximum absolute atomic E-state index is 5.86. The van der Waals surface area contributed by atoms with Crippen molar-refractivity contribution in [1.29, 1.82) is 0 Å². The molecular formula is C12H18BrNO2S. The largest absolute Gasteiger partial charge is 0.383 e. The molecule has 0 aliphatic carbocycles. The molecule has 0 amide bonds. The van der Waals surface area contributed by atoms with Gasteiger partial charge in [-0.1, -0.05) is 0 Å². The second-order valence-corrected chi connectivity index (χ2v) is 5.97. The zero-order valence-electron chi connectivity index (χ0n) is 9.95. The van der Waals surface area contributed by atoms with Crippen molar-refractivity contribution in [3.63, 3.8) is 0 Å². The number of hydrogen-bond acceptors (Lipinski definition) is 4. The van der Waals surface area contributed by atoms with E-state index in [2.05, 4.69) is 32.7 Å². The monoisotopic (exact) mass is 319 g/mol. The van der Waals surface area contributed by atoms with Gasteiger partial charge in [0.05, 0.1) is 12.7 Å². The first kappa shape index (κ1) is 13.5. The Labute approximate surface area is 115 Å². The van der Waals surface area contributed by atoms with Crippen molar-refractivity contribution in [3.8, 4) is 0 Å². The highest BCUT2D eigenvalue weighted by molar-refractivity contribution is 9.10. The van der Waals surface area contributed by atoms with Gasteiger partial charge in [0.1, 0.15) is 0 Å². The lowest BCUT2D eigenvalue weighted by atomic mass is 10.0. The summed E-state index contributed by atoms with van der Waals surface area (Å²) in [5, 5.41) is 5.53. The molecule has 1 saturated heterocycles.